The van der Waals surface area contributed by atoms with E-state index in [0.717, 1.165) is 12.1 Å². The van der Waals surface area contributed by atoms with Crippen molar-refractivity contribution in [2.45, 2.75) is 37.3 Å². The first-order valence-corrected chi connectivity index (χ1v) is 8.07. The third kappa shape index (κ3) is 3.87. The minimum Gasteiger partial charge on any atom is -0.478 e. The smallest absolute Gasteiger partial charge is 0.338 e. The van der Waals surface area contributed by atoms with E-state index in [2.05, 4.69) is 4.72 Å². The van der Waals surface area contributed by atoms with Gasteiger partial charge in [-0.25, -0.2) is 17.9 Å². The molecule has 0 saturated carbocycles. The largest absolute Gasteiger partial charge is 0.478 e. The lowest BCUT2D eigenvalue weighted by atomic mass is 10.0. The van der Waals surface area contributed by atoms with E-state index in [4.69, 9.17) is 28.3 Å². The van der Waals surface area contributed by atoms with E-state index in [1.54, 1.807) is 0 Å². The molecule has 0 aromatic heterocycles. The summed E-state index contributed by atoms with van der Waals surface area (Å²) in [6.45, 7) is 4.39. The van der Waals surface area contributed by atoms with Gasteiger partial charge in [0.15, 0.2) is 0 Å². The van der Waals surface area contributed by atoms with Crippen LogP contribution in [0.3, 0.4) is 0 Å². The molecule has 1 aromatic rings. The van der Waals surface area contributed by atoms with Crippen LogP contribution in [0.5, 0.6) is 0 Å². The van der Waals surface area contributed by atoms with E-state index in [1.807, 2.05) is 0 Å². The Morgan fingerprint density at radius 3 is 2.29 bits per heavy atom. The summed E-state index contributed by atoms with van der Waals surface area (Å²) in [4.78, 5) is 10.7. The molecule has 3 N–H and O–H groups in total. The fourth-order valence-corrected chi connectivity index (χ4v) is 3.82. The van der Waals surface area contributed by atoms with Crippen LogP contribution in [-0.2, 0) is 10.0 Å². The van der Waals surface area contributed by atoms with E-state index in [0.29, 0.717) is 0 Å². The van der Waals surface area contributed by atoms with E-state index in [-0.39, 0.29) is 5.02 Å². The van der Waals surface area contributed by atoms with E-state index >= 15 is 0 Å². The minimum absolute atomic E-state index is 0.166. The lowest BCUT2D eigenvalue weighted by Crippen LogP contribution is -2.50. The van der Waals surface area contributed by atoms with E-state index in [9.17, 15) is 18.3 Å². The zero-order valence-electron chi connectivity index (χ0n) is 11.5. The normalized spacial score (nSPS) is 14.0. The molecule has 0 aliphatic carbocycles. The fourth-order valence-electron chi connectivity index (χ4n) is 1.42. The van der Waals surface area contributed by atoms with Crippen LogP contribution < -0.4 is 4.72 Å². The van der Waals surface area contributed by atoms with Crippen LogP contribution in [0.2, 0.25) is 10.0 Å². The number of carboxylic acids is 1. The van der Waals surface area contributed by atoms with Crippen LogP contribution in [0.25, 0.3) is 0 Å². The van der Waals surface area contributed by atoms with E-state index < -0.39 is 43.1 Å². The van der Waals surface area contributed by atoms with Crippen LogP contribution in [-0.4, -0.2) is 36.2 Å². The SMILES string of the molecule is CC(O)C(C)(C)NS(=O)(=O)c1ccc(Cl)c(C(=O)O)c1Cl. The zero-order valence-corrected chi connectivity index (χ0v) is 13.8. The van der Waals surface area contributed by atoms with Crippen molar-refractivity contribution in [1.29, 1.82) is 0 Å². The van der Waals surface area contributed by atoms with E-state index in [1.165, 1.54) is 20.8 Å². The molecule has 0 saturated heterocycles. The van der Waals surface area contributed by atoms with Crippen molar-refractivity contribution >= 4 is 39.2 Å². The third-order valence-electron chi connectivity index (χ3n) is 3.00. The van der Waals surface area contributed by atoms with Crippen molar-refractivity contribution in [2.75, 3.05) is 0 Å². The summed E-state index contributed by atoms with van der Waals surface area (Å²) in [6, 6.07) is 2.25. The topological polar surface area (TPSA) is 104 Å². The molecule has 0 amide bonds. The minimum atomic E-state index is -4.13. The van der Waals surface area contributed by atoms with Crippen LogP contribution in [0.4, 0.5) is 0 Å². The summed E-state index contributed by atoms with van der Waals surface area (Å²) >= 11 is 11.6. The van der Waals surface area contributed by atoms with Gasteiger partial charge >= 0.3 is 5.97 Å². The van der Waals surface area contributed by atoms with Gasteiger partial charge in [-0.05, 0) is 32.9 Å². The van der Waals surface area contributed by atoms with Gasteiger partial charge in [0.25, 0.3) is 0 Å². The first-order valence-electron chi connectivity index (χ1n) is 5.83. The van der Waals surface area contributed by atoms with Crippen molar-refractivity contribution in [3.63, 3.8) is 0 Å². The lowest BCUT2D eigenvalue weighted by Gasteiger charge is -2.29. The molecular formula is C12H15Cl2NO5S. The van der Waals surface area contributed by atoms with Crippen molar-refractivity contribution in [3.8, 4) is 0 Å². The predicted octanol–water partition coefficient (Wildman–Crippen LogP) is 2.13. The highest BCUT2D eigenvalue weighted by molar-refractivity contribution is 7.89. The van der Waals surface area contributed by atoms with Crippen molar-refractivity contribution in [1.82, 2.24) is 4.72 Å². The Morgan fingerprint density at radius 1 is 1.33 bits per heavy atom. The van der Waals surface area contributed by atoms with Crippen molar-refractivity contribution in [2.24, 2.45) is 0 Å². The van der Waals surface area contributed by atoms with Crippen LogP contribution in [0.1, 0.15) is 31.1 Å². The number of benzene rings is 1. The van der Waals surface area contributed by atoms with Gasteiger partial charge < -0.3 is 10.2 Å². The third-order valence-corrected chi connectivity index (χ3v) is 5.53. The molecule has 1 aromatic carbocycles. The summed E-state index contributed by atoms with van der Waals surface area (Å²) in [5.41, 5.74) is -1.65. The summed E-state index contributed by atoms with van der Waals surface area (Å²) in [5, 5.41) is 18.0. The second-order valence-corrected chi connectivity index (χ2v) is 7.48. The molecule has 1 atom stereocenters. The molecular weight excluding hydrogens is 341 g/mol. The molecule has 21 heavy (non-hydrogen) atoms. The molecule has 0 fully saturated rings. The summed E-state index contributed by atoms with van der Waals surface area (Å²) in [5.74, 6) is -1.43. The number of sulfonamides is 1. The molecule has 1 unspecified atom stereocenters. The van der Waals surface area contributed by atoms with Gasteiger partial charge in [-0.15, -0.1) is 0 Å². The highest BCUT2D eigenvalue weighted by Gasteiger charge is 2.33. The Labute approximate surface area is 132 Å². The van der Waals surface area contributed by atoms with Crippen molar-refractivity contribution in [3.05, 3.63) is 27.7 Å². The molecule has 0 aliphatic heterocycles. The van der Waals surface area contributed by atoms with Gasteiger partial charge in [0.1, 0.15) is 4.90 Å². The molecule has 0 heterocycles. The van der Waals surface area contributed by atoms with Crippen LogP contribution in [0.15, 0.2) is 17.0 Å². The molecule has 0 bridgehead atoms. The standard InChI is InChI=1S/C12H15Cl2NO5S/c1-6(16)12(2,3)15-21(19,20)8-5-4-7(13)9(10(8)14)11(17)18/h4-6,15-16H,1-3H3,(H,17,18). The monoisotopic (exact) mass is 355 g/mol. The Kier molecular flexibility index (Phi) is 5.28. The molecule has 118 valence electrons. The van der Waals surface area contributed by atoms with Gasteiger partial charge in [0.05, 0.1) is 27.3 Å². The quantitative estimate of drug-likeness (QED) is 0.750. The number of aliphatic hydroxyl groups is 1. The maximum atomic E-state index is 12.3. The highest BCUT2D eigenvalue weighted by atomic mass is 35.5. The van der Waals surface area contributed by atoms with Gasteiger partial charge in [0, 0.05) is 0 Å². The van der Waals surface area contributed by atoms with Crippen LogP contribution in [0, 0.1) is 0 Å². The van der Waals surface area contributed by atoms with Crippen LogP contribution >= 0.6 is 23.2 Å². The number of aliphatic hydroxyl groups excluding tert-OH is 1. The number of nitrogens with one attached hydrogen (secondary N) is 1. The van der Waals surface area contributed by atoms with Crippen molar-refractivity contribution < 1.29 is 23.4 Å². The number of aromatic carboxylic acids is 1. The van der Waals surface area contributed by atoms with Gasteiger partial charge in [-0.3, -0.25) is 0 Å². The first-order chi connectivity index (χ1) is 9.40. The molecule has 1 rings (SSSR count). The summed E-state index contributed by atoms with van der Waals surface area (Å²) < 4.78 is 26.9. The second kappa shape index (κ2) is 6.10. The van der Waals surface area contributed by atoms with Gasteiger partial charge in [0.2, 0.25) is 10.0 Å². The number of hydrogen-bond acceptors (Lipinski definition) is 4. The lowest BCUT2D eigenvalue weighted by molar-refractivity contribution is 0.0697. The average Bonchev–Trinajstić information content (AvgIpc) is 2.25. The molecule has 9 heteroatoms. The number of carbonyl (C=O) groups is 1. The number of carboxylic acid groups (broad SMARTS) is 1. The molecule has 0 spiro atoms. The second-order valence-electron chi connectivity index (χ2n) is 5.04. The summed E-state index contributed by atoms with van der Waals surface area (Å²) in [7, 11) is -4.13. The maximum absolute atomic E-state index is 12.3. The molecule has 0 radical (unpaired) electrons. The zero-order chi connectivity index (χ0) is 16.6. The fraction of sp³-hybridized carbons (Fsp3) is 0.417. The summed E-state index contributed by atoms with van der Waals surface area (Å²) in [6.07, 6.45) is -0.975. The Hall–Kier alpha value is -0.860. The number of hydrogen-bond donors (Lipinski definition) is 3. The Bertz CT molecular complexity index is 670. The Morgan fingerprint density at radius 2 is 1.86 bits per heavy atom. The van der Waals surface area contributed by atoms with Gasteiger partial charge in [-0.1, -0.05) is 23.2 Å². The molecule has 6 nitrogen and oxygen atoms in total. The average molecular weight is 356 g/mol. The van der Waals surface area contributed by atoms with Gasteiger partial charge in [-0.2, -0.15) is 0 Å². The number of halogens is 2. The number of rotatable bonds is 5. The first kappa shape index (κ1) is 18.2. The maximum Gasteiger partial charge on any atom is 0.338 e. The Balaban J connectivity index is 3.41. The highest BCUT2D eigenvalue weighted by Crippen LogP contribution is 2.31. The molecule has 0 aliphatic rings. The predicted molar refractivity (Wildman–Crippen MR) is 79.5 cm³/mol.